The van der Waals surface area contributed by atoms with Gasteiger partial charge in [-0.25, -0.2) is 0 Å². The molecule has 2 heterocycles. The second-order valence-corrected chi connectivity index (χ2v) is 5.80. The van der Waals surface area contributed by atoms with Gasteiger partial charge in [0.15, 0.2) is 11.8 Å². The zero-order chi connectivity index (χ0) is 16.8. The van der Waals surface area contributed by atoms with Gasteiger partial charge < -0.3 is 19.9 Å². The van der Waals surface area contributed by atoms with Crippen molar-refractivity contribution in [2.45, 2.75) is 32.9 Å². The Labute approximate surface area is 142 Å². The van der Waals surface area contributed by atoms with Gasteiger partial charge in [0.2, 0.25) is 0 Å². The quantitative estimate of drug-likeness (QED) is 0.474. The second kappa shape index (κ2) is 7.81. The van der Waals surface area contributed by atoms with Gasteiger partial charge in [-0.05, 0) is 25.5 Å². The van der Waals surface area contributed by atoms with Crippen LogP contribution in [0.1, 0.15) is 23.6 Å². The third-order valence-corrected chi connectivity index (χ3v) is 4.01. The lowest BCUT2D eigenvalue weighted by atomic mass is 10.2. The van der Waals surface area contributed by atoms with Gasteiger partial charge in [0, 0.05) is 20.0 Å². The lowest BCUT2D eigenvalue weighted by molar-refractivity contribution is 0.322. The number of nitrogens with zero attached hydrogens (tertiary/aromatic N) is 4. The molecular formula is C17H24N6O. The zero-order valence-electron chi connectivity index (χ0n) is 14.2. The summed E-state index contributed by atoms with van der Waals surface area (Å²) in [5.41, 5.74) is 1.23. The van der Waals surface area contributed by atoms with Crippen LogP contribution in [-0.2, 0) is 19.5 Å². The van der Waals surface area contributed by atoms with E-state index in [0.717, 1.165) is 42.7 Å². The van der Waals surface area contributed by atoms with E-state index >= 15 is 0 Å². The largest absolute Gasteiger partial charge is 0.492 e. The molecule has 0 bridgehead atoms. The SMILES string of the molecule is CN=C(NCCOc1ccc(C)cc1)NCc1nnc2n1CCC2. The number of aryl methyl sites for hydroxylation is 2. The molecule has 0 spiro atoms. The Bertz CT molecular complexity index is 692. The van der Waals surface area contributed by atoms with Gasteiger partial charge in [-0.2, -0.15) is 0 Å². The van der Waals surface area contributed by atoms with E-state index in [1.54, 1.807) is 7.05 Å². The van der Waals surface area contributed by atoms with E-state index in [2.05, 4.69) is 37.3 Å². The molecule has 1 aliphatic heterocycles. The van der Waals surface area contributed by atoms with Crippen molar-refractivity contribution >= 4 is 5.96 Å². The third kappa shape index (κ3) is 4.04. The monoisotopic (exact) mass is 328 g/mol. The molecule has 1 aromatic carbocycles. The Hall–Kier alpha value is -2.57. The Kier molecular flexibility index (Phi) is 5.30. The van der Waals surface area contributed by atoms with Crippen LogP contribution in [0, 0.1) is 6.92 Å². The van der Waals surface area contributed by atoms with Crippen molar-refractivity contribution in [3.8, 4) is 5.75 Å². The molecule has 1 aliphatic rings. The fourth-order valence-corrected chi connectivity index (χ4v) is 2.70. The second-order valence-electron chi connectivity index (χ2n) is 5.80. The third-order valence-electron chi connectivity index (χ3n) is 4.01. The van der Waals surface area contributed by atoms with Gasteiger partial charge in [0.1, 0.15) is 18.2 Å². The molecule has 7 heteroatoms. The van der Waals surface area contributed by atoms with E-state index in [4.69, 9.17) is 4.74 Å². The standard InChI is InChI=1S/C17H24N6O/c1-13-5-7-14(8-6-13)24-11-9-19-17(18-2)20-12-16-22-21-15-4-3-10-23(15)16/h5-8H,3-4,9-12H2,1-2H3,(H2,18,19,20). The Morgan fingerprint density at radius 2 is 2.08 bits per heavy atom. The molecule has 0 saturated carbocycles. The van der Waals surface area contributed by atoms with Crippen LogP contribution in [0.25, 0.3) is 0 Å². The number of ether oxygens (including phenoxy) is 1. The first-order chi connectivity index (χ1) is 11.8. The number of aliphatic imine (C=N–C) groups is 1. The maximum Gasteiger partial charge on any atom is 0.191 e. The highest BCUT2D eigenvalue weighted by Gasteiger charge is 2.16. The molecule has 1 aromatic heterocycles. The first-order valence-electron chi connectivity index (χ1n) is 8.31. The minimum atomic E-state index is 0.574. The van der Waals surface area contributed by atoms with E-state index in [9.17, 15) is 0 Å². The highest BCUT2D eigenvalue weighted by molar-refractivity contribution is 5.79. The normalized spacial score (nSPS) is 13.7. The van der Waals surface area contributed by atoms with E-state index < -0.39 is 0 Å². The van der Waals surface area contributed by atoms with Crippen LogP contribution in [0.5, 0.6) is 5.75 Å². The summed E-state index contributed by atoms with van der Waals surface area (Å²) in [6.07, 6.45) is 2.18. The molecule has 24 heavy (non-hydrogen) atoms. The summed E-state index contributed by atoms with van der Waals surface area (Å²) >= 11 is 0. The van der Waals surface area contributed by atoms with Crippen molar-refractivity contribution in [3.63, 3.8) is 0 Å². The Morgan fingerprint density at radius 3 is 2.88 bits per heavy atom. The van der Waals surface area contributed by atoms with E-state index in [1.165, 1.54) is 5.56 Å². The maximum atomic E-state index is 5.70. The molecule has 7 nitrogen and oxygen atoms in total. The number of guanidine groups is 1. The molecule has 2 N–H and O–H groups in total. The molecule has 2 aromatic rings. The van der Waals surface area contributed by atoms with Crippen molar-refractivity contribution in [1.82, 2.24) is 25.4 Å². The van der Waals surface area contributed by atoms with Gasteiger partial charge in [0.05, 0.1) is 13.1 Å². The van der Waals surface area contributed by atoms with Crippen LogP contribution in [0.2, 0.25) is 0 Å². The van der Waals surface area contributed by atoms with Gasteiger partial charge in [0.25, 0.3) is 0 Å². The Balaban J connectivity index is 1.39. The van der Waals surface area contributed by atoms with Crippen LogP contribution in [-0.4, -0.2) is 40.9 Å². The van der Waals surface area contributed by atoms with E-state index in [0.29, 0.717) is 19.7 Å². The van der Waals surface area contributed by atoms with Crippen molar-refractivity contribution in [2.75, 3.05) is 20.2 Å². The predicted molar refractivity (Wildman–Crippen MR) is 93.2 cm³/mol. The summed E-state index contributed by atoms with van der Waals surface area (Å²) < 4.78 is 7.88. The highest BCUT2D eigenvalue weighted by atomic mass is 16.5. The molecule has 3 rings (SSSR count). The average molecular weight is 328 g/mol. The van der Waals surface area contributed by atoms with Crippen molar-refractivity contribution in [3.05, 3.63) is 41.5 Å². The van der Waals surface area contributed by atoms with Crippen molar-refractivity contribution in [1.29, 1.82) is 0 Å². The summed E-state index contributed by atoms with van der Waals surface area (Å²) in [6.45, 7) is 4.93. The first kappa shape index (κ1) is 16.3. The van der Waals surface area contributed by atoms with Crippen LogP contribution >= 0.6 is 0 Å². The minimum Gasteiger partial charge on any atom is -0.492 e. The molecule has 0 amide bonds. The number of hydrogen-bond acceptors (Lipinski definition) is 4. The fourth-order valence-electron chi connectivity index (χ4n) is 2.70. The molecule has 0 atom stereocenters. The highest BCUT2D eigenvalue weighted by Crippen LogP contribution is 2.13. The lowest BCUT2D eigenvalue weighted by Crippen LogP contribution is -2.39. The van der Waals surface area contributed by atoms with Crippen molar-refractivity contribution in [2.24, 2.45) is 4.99 Å². The van der Waals surface area contributed by atoms with Crippen LogP contribution in [0.15, 0.2) is 29.3 Å². The Morgan fingerprint density at radius 1 is 1.25 bits per heavy atom. The zero-order valence-corrected chi connectivity index (χ0v) is 14.2. The summed E-state index contributed by atoms with van der Waals surface area (Å²) in [5, 5.41) is 14.9. The fraction of sp³-hybridized carbons (Fsp3) is 0.471. The first-order valence-corrected chi connectivity index (χ1v) is 8.31. The van der Waals surface area contributed by atoms with Gasteiger partial charge >= 0.3 is 0 Å². The van der Waals surface area contributed by atoms with Crippen molar-refractivity contribution < 1.29 is 4.74 Å². The van der Waals surface area contributed by atoms with Gasteiger partial charge in [-0.3, -0.25) is 4.99 Å². The summed E-state index contributed by atoms with van der Waals surface area (Å²) in [6, 6.07) is 8.04. The molecule has 128 valence electrons. The summed E-state index contributed by atoms with van der Waals surface area (Å²) in [4.78, 5) is 4.22. The number of hydrogen-bond donors (Lipinski definition) is 2. The average Bonchev–Trinajstić information content (AvgIpc) is 3.20. The number of fused-ring (bicyclic) bond motifs is 1. The predicted octanol–water partition coefficient (Wildman–Crippen LogP) is 1.28. The van der Waals surface area contributed by atoms with Crippen LogP contribution in [0.3, 0.4) is 0 Å². The number of aromatic nitrogens is 3. The molecule has 0 radical (unpaired) electrons. The molecule has 0 fully saturated rings. The van der Waals surface area contributed by atoms with Gasteiger partial charge in [-0.15, -0.1) is 10.2 Å². The molecular weight excluding hydrogens is 304 g/mol. The molecule has 0 unspecified atom stereocenters. The van der Waals surface area contributed by atoms with E-state index in [1.807, 2.05) is 24.3 Å². The van der Waals surface area contributed by atoms with Crippen LogP contribution < -0.4 is 15.4 Å². The lowest BCUT2D eigenvalue weighted by Gasteiger charge is -2.12. The summed E-state index contributed by atoms with van der Waals surface area (Å²) in [7, 11) is 1.75. The molecule has 0 aliphatic carbocycles. The molecule has 0 saturated heterocycles. The number of nitrogens with one attached hydrogen (secondary N) is 2. The van der Waals surface area contributed by atoms with Gasteiger partial charge in [-0.1, -0.05) is 17.7 Å². The smallest absolute Gasteiger partial charge is 0.191 e. The summed E-state index contributed by atoms with van der Waals surface area (Å²) in [5.74, 6) is 3.66. The minimum absolute atomic E-state index is 0.574. The van der Waals surface area contributed by atoms with E-state index in [-0.39, 0.29) is 0 Å². The number of rotatable bonds is 6. The topological polar surface area (TPSA) is 76.4 Å². The maximum absolute atomic E-state index is 5.70. The number of benzene rings is 1. The van der Waals surface area contributed by atoms with Crippen LogP contribution in [0.4, 0.5) is 0 Å².